The molecular weight excluding hydrogens is 380 g/mol. The van der Waals surface area contributed by atoms with Crippen LogP contribution in [0.25, 0.3) is 0 Å². The maximum Gasteiger partial charge on any atom is 0.247 e. The van der Waals surface area contributed by atoms with Crippen LogP contribution >= 0.6 is 0 Å². The highest BCUT2D eigenvalue weighted by molar-refractivity contribution is 5.98. The van der Waals surface area contributed by atoms with Crippen LogP contribution in [0.15, 0.2) is 29.6 Å². The fourth-order valence-corrected chi connectivity index (χ4v) is 4.39. The molecule has 7 heteroatoms. The van der Waals surface area contributed by atoms with E-state index in [1.807, 2.05) is 19.9 Å². The summed E-state index contributed by atoms with van der Waals surface area (Å²) in [6, 6.07) is 5.90. The molecule has 1 saturated carbocycles. The van der Waals surface area contributed by atoms with E-state index in [9.17, 15) is 10.1 Å². The van der Waals surface area contributed by atoms with E-state index in [2.05, 4.69) is 16.4 Å². The molecule has 1 fully saturated rings. The smallest absolute Gasteiger partial charge is 0.247 e. The summed E-state index contributed by atoms with van der Waals surface area (Å²) in [7, 11) is 0. The van der Waals surface area contributed by atoms with Crippen LogP contribution in [0.3, 0.4) is 0 Å². The van der Waals surface area contributed by atoms with E-state index >= 15 is 0 Å². The van der Waals surface area contributed by atoms with E-state index in [0.29, 0.717) is 41.5 Å². The molecule has 1 atom stereocenters. The van der Waals surface area contributed by atoms with Gasteiger partial charge in [0, 0.05) is 35.0 Å². The molecule has 2 aliphatic heterocycles. The van der Waals surface area contributed by atoms with Gasteiger partial charge in [0.1, 0.15) is 11.9 Å². The number of aryl methyl sites for hydroxylation is 1. The monoisotopic (exact) mass is 402 g/mol. The number of nitrogens with one attached hydrogen (secondary N) is 1. The van der Waals surface area contributed by atoms with Gasteiger partial charge in [0.2, 0.25) is 11.8 Å². The Morgan fingerprint density at radius 3 is 2.87 bits per heavy atom. The van der Waals surface area contributed by atoms with Crippen LogP contribution in [0.4, 0.5) is 5.69 Å². The molecule has 0 spiro atoms. The highest BCUT2D eigenvalue weighted by Gasteiger charge is 2.39. The number of ether oxygens (including phenoxy) is 2. The Kier molecular flexibility index (Phi) is 4.17. The van der Waals surface area contributed by atoms with Crippen molar-refractivity contribution in [2.45, 2.75) is 45.1 Å². The van der Waals surface area contributed by atoms with Crippen molar-refractivity contribution >= 4 is 11.6 Å². The molecule has 0 unspecified atom stereocenters. The molecule has 152 valence electrons. The number of rotatable bonds is 4. The van der Waals surface area contributed by atoms with Crippen molar-refractivity contribution in [2.24, 2.45) is 5.73 Å². The molecule has 0 saturated heterocycles. The Labute approximate surface area is 174 Å². The van der Waals surface area contributed by atoms with Gasteiger partial charge in [-0.25, -0.2) is 4.98 Å². The van der Waals surface area contributed by atoms with E-state index in [-0.39, 0.29) is 6.10 Å². The topological polar surface area (TPSA) is 110 Å². The maximum absolute atomic E-state index is 12.6. The van der Waals surface area contributed by atoms with Crippen molar-refractivity contribution in [2.75, 3.05) is 11.9 Å². The number of allylic oxidation sites excluding steroid dienone is 1. The van der Waals surface area contributed by atoms with Crippen LogP contribution < -0.4 is 20.5 Å². The van der Waals surface area contributed by atoms with Crippen LogP contribution in [0, 0.1) is 18.3 Å². The third-order valence-electron chi connectivity index (χ3n) is 5.95. The minimum absolute atomic E-state index is 0.150. The van der Waals surface area contributed by atoms with Crippen LogP contribution in [0.1, 0.15) is 53.5 Å². The number of primary amides is 1. The van der Waals surface area contributed by atoms with E-state index in [0.717, 1.165) is 40.8 Å². The number of nitrogens with zero attached hydrogens (tertiary/aromatic N) is 2. The van der Waals surface area contributed by atoms with Gasteiger partial charge in [0.15, 0.2) is 0 Å². The molecule has 5 rings (SSSR count). The minimum Gasteiger partial charge on any atom is -0.493 e. The van der Waals surface area contributed by atoms with Gasteiger partial charge in [-0.05, 0) is 38.3 Å². The Balaban J connectivity index is 1.79. The number of fused-ring (bicyclic) bond motifs is 2. The van der Waals surface area contributed by atoms with Gasteiger partial charge in [-0.2, -0.15) is 5.26 Å². The van der Waals surface area contributed by atoms with Gasteiger partial charge in [-0.15, -0.1) is 0 Å². The second-order valence-electron chi connectivity index (χ2n) is 8.03. The average molecular weight is 402 g/mol. The van der Waals surface area contributed by atoms with Gasteiger partial charge in [-0.1, -0.05) is 6.07 Å². The molecule has 2 aromatic rings. The quantitative estimate of drug-likeness (QED) is 0.813. The lowest BCUT2D eigenvalue weighted by molar-refractivity contribution is -0.114. The van der Waals surface area contributed by atoms with Crippen LogP contribution in [-0.2, 0) is 11.2 Å². The third kappa shape index (κ3) is 2.79. The summed E-state index contributed by atoms with van der Waals surface area (Å²) < 4.78 is 12.1. The lowest BCUT2D eigenvalue weighted by Crippen LogP contribution is -2.29. The Bertz CT molecular complexity index is 1160. The predicted molar refractivity (Wildman–Crippen MR) is 110 cm³/mol. The molecule has 1 aromatic carbocycles. The van der Waals surface area contributed by atoms with Gasteiger partial charge in [0.05, 0.1) is 35.4 Å². The Morgan fingerprint density at radius 2 is 2.17 bits per heavy atom. The van der Waals surface area contributed by atoms with E-state index in [1.165, 1.54) is 0 Å². The second kappa shape index (κ2) is 6.77. The van der Waals surface area contributed by atoms with E-state index in [1.54, 1.807) is 12.3 Å². The fraction of sp³-hybridized carbons (Fsp3) is 0.348. The first-order valence-corrected chi connectivity index (χ1v) is 10.1. The molecule has 0 bridgehead atoms. The van der Waals surface area contributed by atoms with Crippen LogP contribution in [0.2, 0.25) is 0 Å². The summed E-state index contributed by atoms with van der Waals surface area (Å²) in [6.07, 6.45) is 4.58. The van der Waals surface area contributed by atoms with Crippen LogP contribution in [-0.4, -0.2) is 23.6 Å². The van der Waals surface area contributed by atoms with Crippen molar-refractivity contribution in [3.8, 4) is 17.7 Å². The highest BCUT2D eigenvalue weighted by Crippen LogP contribution is 2.51. The standard InChI is InChI=1S/C23H22N4O3/c1-11-10-26-23(30-14-4-5-14)19-18(17(22(25)28)12(2)27-20(11)19)16-6-3-13(9-24)15-7-8-29-21(15)16/h3,6,10,14,18,27H,4-5,7-8H2,1-2H3,(H2,25,28)/t18-/m0/s1. The predicted octanol–water partition coefficient (Wildman–Crippen LogP) is 3.05. The van der Waals surface area contributed by atoms with Gasteiger partial charge < -0.3 is 20.5 Å². The van der Waals surface area contributed by atoms with Crippen LogP contribution in [0.5, 0.6) is 11.6 Å². The number of carbonyl (C=O) groups excluding carboxylic acids is 1. The highest BCUT2D eigenvalue weighted by atomic mass is 16.5. The van der Waals surface area contributed by atoms with Gasteiger partial charge in [0.25, 0.3) is 0 Å². The molecule has 7 nitrogen and oxygen atoms in total. The van der Waals surface area contributed by atoms with Gasteiger partial charge in [-0.3, -0.25) is 4.79 Å². The summed E-state index contributed by atoms with van der Waals surface area (Å²) in [5, 5.41) is 12.8. The summed E-state index contributed by atoms with van der Waals surface area (Å²) in [4.78, 5) is 17.1. The molecule has 3 heterocycles. The number of hydrogen-bond acceptors (Lipinski definition) is 6. The molecule has 1 aliphatic carbocycles. The number of amides is 1. The minimum atomic E-state index is -0.509. The molecule has 3 N–H and O–H groups in total. The second-order valence-corrected chi connectivity index (χ2v) is 8.03. The lowest BCUT2D eigenvalue weighted by atomic mass is 9.79. The zero-order chi connectivity index (χ0) is 21.0. The molecule has 1 amide bonds. The summed E-state index contributed by atoms with van der Waals surface area (Å²) in [6.45, 7) is 4.33. The molecular formula is C23H22N4O3. The van der Waals surface area contributed by atoms with Crippen molar-refractivity contribution < 1.29 is 14.3 Å². The zero-order valence-electron chi connectivity index (χ0n) is 16.9. The Hall–Kier alpha value is -3.53. The third-order valence-corrected chi connectivity index (χ3v) is 5.95. The SMILES string of the molecule is CC1=C(C(N)=O)[C@H](c2ccc(C#N)c3c2OCC3)c2c(OC3CC3)ncc(C)c2N1. The Morgan fingerprint density at radius 1 is 1.37 bits per heavy atom. The number of aromatic nitrogens is 1. The van der Waals surface area contributed by atoms with E-state index < -0.39 is 11.8 Å². The van der Waals surface area contributed by atoms with Crippen molar-refractivity contribution in [3.63, 3.8) is 0 Å². The normalized spacial score (nSPS) is 19.3. The average Bonchev–Trinajstić information content (AvgIpc) is 3.40. The number of hydrogen-bond donors (Lipinski definition) is 2. The van der Waals surface area contributed by atoms with Crippen molar-refractivity contribution in [1.82, 2.24) is 4.98 Å². The zero-order valence-corrected chi connectivity index (χ0v) is 16.9. The number of anilines is 1. The molecule has 30 heavy (non-hydrogen) atoms. The first kappa shape index (κ1) is 18.5. The fourth-order valence-electron chi connectivity index (χ4n) is 4.39. The summed E-state index contributed by atoms with van der Waals surface area (Å²) >= 11 is 0. The first-order valence-electron chi connectivity index (χ1n) is 10.1. The maximum atomic E-state index is 12.6. The van der Waals surface area contributed by atoms with Crippen molar-refractivity contribution in [1.29, 1.82) is 5.26 Å². The largest absolute Gasteiger partial charge is 0.493 e. The number of nitriles is 1. The molecule has 1 aromatic heterocycles. The molecule has 3 aliphatic rings. The molecule has 0 radical (unpaired) electrons. The van der Waals surface area contributed by atoms with Gasteiger partial charge >= 0.3 is 0 Å². The first-order chi connectivity index (χ1) is 14.5. The number of benzene rings is 1. The number of pyridine rings is 1. The van der Waals surface area contributed by atoms with E-state index in [4.69, 9.17) is 15.2 Å². The number of carbonyl (C=O) groups is 1. The summed E-state index contributed by atoms with van der Waals surface area (Å²) in [5.41, 5.74) is 11.9. The van der Waals surface area contributed by atoms with Crippen molar-refractivity contribution in [3.05, 3.63) is 57.4 Å². The summed E-state index contributed by atoms with van der Waals surface area (Å²) in [5.74, 6) is 0.181. The lowest BCUT2D eigenvalue weighted by Gasteiger charge is -2.32. The number of nitrogens with two attached hydrogens (primary N) is 1.